The second-order valence-corrected chi connectivity index (χ2v) is 7.69. The lowest BCUT2D eigenvalue weighted by atomic mass is 9.90. The highest BCUT2D eigenvalue weighted by atomic mass is 32.1. The van der Waals surface area contributed by atoms with Crippen molar-refractivity contribution >= 4 is 33.1 Å². The first-order chi connectivity index (χ1) is 12.6. The fourth-order valence-corrected chi connectivity index (χ4v) is 4.50. The Bertz CT molecular complexity index is 931. The summed E-state index contributed by atoms with van der Waals surface area (Å²) >= 11 is 1.49. The number of thiophene rings is 1. The van der Waals surface area contributed by atoms with Gasteiger partial charge in [-0.15, -0.1) is 11.3 Å². The van der Waals surface area contributed by atoms with E-state index in [1.54, 1.807) is 4.90 Å². The third-order valence-corrected chi connectivity index (χ3v) is 5.95. The lowest BCUT2D eigenvalue weighted by molar-refractivity contribution is 0.0641. The number of hydrogen-bond acceptors (Lipinski definition) is 3. The van der Waals surface area contributed by atoms with Gasteiger partial charge in [-0.1, -0.05) is 18.2 Å². The molecule has 0 saturated carbocycles. The third-order valence-electron chi connectivity index (χ3n) is 4.84. The van der Waals surface area contributed by atoms with Crippen molar-refractivity contribution in [1.82, 2.24) is 4.90 Å². The average molecular weight is 367 g/mol. The Morgan fingerprint density at radius 3 is 2.62 bits per heavy atom. The number of rotatable bonds is 3. The van der Waals surface area contributed by atoms with E-state index < -0.39 is 0 Å². The van der Waals surface area contributed by atoms with Gasteiger partial charge in [0.15, 0.2) is 5.78 Å². The molecule has 0 bridgehead atoms. The molecular weight excluding hydrogens is 349 g/mol. The fourth-order valence-electron chi connectivity index (χ4n) is 3.47. The molecule has 132 valence electrons. The zero-order chi connectivity index (χ0) is 18.1. The summed E-state index contributed by atoms with van der Waals surface area (Å²) in [6, 6.07) is 15.5. The zero-order valence-corrected chi connectivity index (χ0v) is 15.0. The largest absolute Gasteiger partial charge is 0.337 e. The van der Waals surface area contributed by atoms with Crippen molar-refractivity contribution in [2.24, 2.45) is 5.92 Å². The van der Waals surface area contributed by atoms with Gasteiger partial charge in [-0.2, -0.15) is 0 Å². The van der Waals surface area contributed by atoms with Gasteiger partial charge >= 0.3 is 0 Å². The van der Waals surface area contributed by atoms with Crippen LogP contribution in [0.15, 0.2) is 54.6 Å². The highest BCUT2D eigenvalue weighted by Crippen LogP contribution is 2.28. The minimum Gasteiger partial charge on any atom is -0.337 e. The van der Waals surface area contributed by atoms with Gasteiger partial charge in [-0.05, 0) is 54.6 Å². The number of nitrogens with zero attached hydrogens (tertiary/aromatic N) is 1. The van der Waals surface area contributed by atoms with Gasteiger partial charge in [0.25, 0.3) is 5.91 Å². The van der Waals surface area contributed by atoms with Crippen molar-refractivity contribution in [1.29, 1.82) is 0 Å². The van der Waals surface area contributed by atoms with E-state index in [1.807, 2.05) is 30.3 Å². The average Bonchev–Trinajstić information content (AvgIpc) is 3.12. The lowest BCUT2D eigenvalue weighted by Gasteiger charge is -2.31. The van der Waals surface area contributed by atoms with Gasteiger partial charge in [-0.3, -0.25) is 9.59 Å². The SMILES string of the molecule is O=C(c1ccc(F)cc1)[C@H]1CCCN(C(=O)c2cc3ccccc3s2)C1. The van der Waals surface area contributed by atoms with Gasteiger partial charge in [0.2, 0.25) is 0 Å². The molecule has 0 radical (unpaired) electrons. The van der Waals surface area contributed by atoms with Crippen LogP contribution in [0.5, 0.6) is 0 Å². The summed E-state index contributed by atoms with van der Waals surface area (Å²) in [5.74, 6) is -0.610. The van der Waals surface area contributed by atoms with Crippen LogP contribution in [0.1, 0.15) is 32.9 Å². The maximum Gasteiger partial charge on any atom is 0.263 e. The van der Waals surface area contributed by atoms with Crippen LogP contribution in [0.4, 0.5) is 4.39 Å². The van der Waals surface area contributed by atoms with E-state index in [2.05, 4.69) is 0 Å². The molecule has 3 aromatic rings. The van der Waals surface area contributed by atoms with Gasteiger partial charge in [0, 0.05) is 29.3 Å². The first kappa shape index (κ1) is 16.9. The second-order valence-electron chi connectivity index (χ2n) is 6.61. The Balaban J connectivity index is 1.51. The number of carbonyl (C=O) groups is 2. The number of carbonyl (C=O) groups excluding carboxylic acids is 2. The van der Waals surface area contributed by atoms with E-state index in [-0.39, 0.29) is 23.4 Å². The number of halogens is 1. The molecule has 2 aromatic carbocycles. The molecule has 26 heavy (non-hydrogen) atoms. The van der Waals surface area contributed by atoms with Gasteiger partial charge in [0.1, 0.15) is 5.82 Å². The molecule has 3 nitrogen and oxygen atoms in total. The number of amides is 1. The number of benzene rings is 2. The van der Waals surface area contributed by atoms with E-state index in [1.165, 1.54) is 35.6 Å². The molecular formula is C21H18FNO2S. The Morgan fingerprint density at radius 1 is 1.08 bits per heavy atom. The van der Waals surface area contributed by atoms with Crippen LogP contribution in [-0.2, 0) is 0 Å². The van der Waals surface area contributed by atoms with E-state index >= 15 is 0 Å². The Hall–Kier alpha value is -2.53. The summed E-state index contributed by atoms with van der Waals surface area (Å²) < 4.78 is 14.2. The highest BCUT2D eigenvalue weighted by Gasteiger charge is 2.30. The first-order valence-corrected chi connectivity index (χ1v) is 9.51. The minimum atomic E-state index is -0.355. The second kappa shape index (κ2) is 7.00. The monoisotopic (exact) mass is 367 g/mol. The molecule has 5 heteroatoms. The van der Waals surface area contributed by atoms with Gasteiger partial charge < -0.3 is 4.90 Å². The van der Waals surface area contributed by atoms with E-state index in [4.69, 9.17) is 0 Å². The van der Waals surface area contributed by atoms with Crippen molar-refractivity contribution in [3.63, 3.8) is 0 Å². The van der Waals surface area contributed by atoms with Crippen LogP contribution < -0.4 is 0 Å². The maximum absolute atomic E-state index is 13.1. The summed E-state index contributed by atoms with van der Waals surface area (Å²) in [7, 11) is 0. The number of Topliss-reactive ketones (excluding diaryl/α,β-unsaturated/α-hetero) is 1. The Kier molecular flexibility index (Phi) is 4.55. The van der Waals surface area contributed by atoms with Crippen LogP contribution in [0.25, 0.3) is 10.1 Å². The third kappa shape index (κ3) is 3.27. The molecule has 1 amide bonds. The molecule has 1 fully saturated rings. The van der Waals surface area contributed by atoms with Crippen molar-refractivity contribution in [2.45, 2.75) is 12.8 Å². The number of ketones is 1. The number of likely N-dealkylation sites (tertiary alicyclic amines) is 1. The Labute approximate surface area is 155 Å². The van der Waals surface area contributed by atoms with Gasteiger partial charge in [0.05, 0.1) is 4.88 Å². The molecule has 1 aliphatic heterocycles. The highest BCUT2D eigenvalue weighted by molar-refractivity contribution is 7.20. The standard InChI is InChI=1S/C21H18FNO2S/c22-17-9-7-14(8-10-17)20(24)16-5-3-11-23(13-16)21(25)19-12-15-4-1-2-6-18(15)26-19/h1-2,4,6-10,12,16H,3,5,11,13H2/t16-/m0/s1. The summed E-state index contributed by atoms with van der Waals surface area (Å²) in [4.78, 5) is 28.1. The minimum absolute atomic E-state index is 0.0113. The fraction of sp³-hybridized carbons (Fsp3) is 0.238. The quantitative estimate of drug-likeness (QED) is 0.625. The molecule has 2 heterocycles. The number of fused-ring (bicyclic) bond motifs is 1. The lowest BCUT2D eigenvalue weighted by Crippen LogP contribution is -2.42. The Morgan fingerprint density at radius 2 is 1.85 bits per heavy atom. The van der Waals surface area contributed by atoms with E-state index in [0.29, 0.717) is 23.5 Å². The molecule has 0 aliphatic carbocycles. The molecule has 0 unspecified atom stereocenters. The molecule has 4 rings (SSSR count). The molecule has 1 atom stereocenters. The van der Waals surface area contributed by atoms with Crippen LogP contribution in [0.3, 0.4) is 0 Å². The molecule has 0 spiro atoms. The first-order valence-electron chi connectivity index (χ1n) is 8.69. The predicted octanol–water partition coefficient (Wildman–Crippen LogP) is 4.78. The summed E-state index contributed by atoms with van der Waals surface area (Å²) in [5, 5.41) is 1.07. The van der Waals surface area contributed by atoms with Crippen LogP contribution in [0.2, 0.25) is 0 Å². The van der Waals surface area contributed by atoms with Crippen molar-refractivity contribution in [2.75, 3.05) is 13.1 Å². The number of piperidine rings is 1. The molecule has 1 saturated heterocycles. The topological polar surface area (TPSA) is 37.4 Å². The van der Waals surface area contributed by atoms with Crippen molar-refractivity contribution < 1.29 is 14.0 Å². The predicted molar refractivity (Wildman–Crippen MR) is 101 cm³/mol. The molecule has 0 N–H and O–H groups in total. The zero-order valence-electron chi connectivity index (χ0n) is 14.2. The van der Waals surface area contributed by atoms with Crippen molar-refractivity contribution in [3.05, 3.63) is 70.9 Å². The molecule has 1 aliphatic rings. The summed E-state index contributed by atoms with van der Waals surface area (Å²) in [5.41, 5.74) is 0.507. The molecule has 1 aromatic heterocycles. The maximum atomic E-state index is 13.1. The summed E-state index contributed by atoms with van der Waals surface area (Å²) in [6.07, 6.45) is 1.56. The summed E-state index contributed by atoms with van der Waals surface area (Å²) in [6.45, 7) is 1.09. The van der Waals surface area contributed by atoms with Crippen LogP contribution >= 0.6 is 11.3 Å². The van der Waals surface area contributed by atoms with Crippen LogP contribution in [0, 0.1) is 11.7 Å². The van der Waals surface area contributed by atoms with E-state index in [9.17, 15) is 14.0 Å². The smallest absolute Gasteiger partial charge is 0.263 e. The van der Waals surface area contributed by atoms with Crippen molar-refractivity contribution in [3.8, 4) is 0 Å². The van der Waals surface area contributed by atoms with Crippen LogP contribution in [-0.4, -0.2) is 29.7 Å². The normalized spacial score (nSPS) is 17.4. The van der Waals surface area contributed by atoms with Gasteiger partial charge in [-0.25, -0.2) is 4.39 Å². The van der Waals surface area contributed by atoms with E-state index in [0.717, 1.165) is 22.9 Å². The number of hydrogen-bond donors (Lipinski definition) is 0.